The molecule has 8 heteroatoms. The van der Waals surface area contributed by atoms with Gasteiger partial charge >= 0.3 is 5.97 Å². The summed E-state index contributed by atoms with van der Waals surface area (Å²) in [5.74, 6) is 5.61. The fourth-order valence-corrected chi connectivity index (χ4v) is 3.42. The van der Waals surface area contributed by atoms with Crippen molar-refractivity contribution in [2.75, 3.05) is 13.1 Å². The zero-order valence-electron chi connectivity index (χ0n) is 14.9. The SMILES string of the molecule is CC(ON)(C(=O)O)C1CCc2cc(C3=NCCC(CCN)N3)ccc2O1. The Morgan fingerprint density at radius 2 is 2.31 bits per heavy atom. The van der Waals surface area contributed by atoms with Gasteiger partial charge in [-0.15, -0.1) is 0 Å². The van der Waals surface area contributed by atoms with Gasteiger partial charge in [-0.2, -0.15) is 0 Å². The van der Waals surface area contributed by atoms with Crippen molar-refractivity contribution in [2.24, 2.45) is 16.6 Å². The van der Waals surface area contributed by atoms with Crippen molar-refractivity contribution in [3.63, 3.8) is 0 Å². The summed E-state index contributed by atoms with van der Waals surface area (Å²) < 4.78 is 5.89. The average molecular weight is 362 g/mol. The minimum atomic E-state index is -1.58. The zero-order chi connectivity index (χ0) is 18.7. The lowest BCUT2D eigenvalue weighted by molar-refractivity contribution is -0.179. The molecule has 2 aliphatic heterocycles. The third-order valence-corrected chi connectivity index (χ3v) is 5.17. The largest absolute Gasteiger partial charge is 0.486 e. The minimum absolute atomic E-state index is 0.349. The number of nitrogens with one attached hydrogen (secondary N) is 1. The van der Waals surface area contributed by atoms with Gasteiger partial charge in [-0.1, -0.05) is 0 Å². The number of ether oxygens (including phenoxy) is 1. The minimum Gasteiger partial charge on any atom is -0.486 e. The number of carbonyl (C=O) groups is 1. The molecule has 0 saturated carbocycles. The average Bonchev–Trinajstić information content (AvgIpc) is 2.66. The number of benzene rings is 1. The molecule has 142 valence electrons. The Morgan fingerprint density at radius 3 is 3.00 bits per heavy atom. The van der Waals surface area contributed by atoms with E-state index in [9.17, 15) is 9.90 Å². The number of aliphatic imine (C=N–C) groups is 1. The second kappa shape index (κ2) is 7.61. The number of rotatable bonds is 6. The number of fused-ring (bicyclic) bond motifs is 1. The first-order valence-corrected chi connectivity index (χ1v) is 8.90. The highest BCUT2D eigenvalue weighted by Gasteiger charge is 2.46. The number of hydrogen-bond donors (Lipinski definition) is 4. The van der Waals surface area contributed by atoms with E-state index in [0.717, 1.165) is 36.3 Å². The van der Waals surface area contributed by atoms with Crippen LogP contribution in [-0.4, -0.2) is 47.7 Å². The summed E-state index contributed by atoms with van der Waals surface area (Å²) >= 11 is 0. The lowest BCUT2D eigenvalue weighted by Gasteiger charge is -2.35. The number of nitrogens with two attached hydrogens (primary N) is 2. The molecule has 0 saturated heterocycles. The number of carboxylic acids is 1. The van der Waals surface area contributed by atoms with Gasteiger partial charge in [0.05, 0.1) is 0 Å². The van der Waals surface area contributed by atoms with E-state index in [0.29, 0.717) is 31.2 Å². The van der Waals surface area contributed by atoms with Crippen LogP contribution in [0.3, 0.4) is 0 Å². The summed E-state index contributed by atoms with van der Waals surface area (Å²) in [6, 6.07) is 6.18. The van der Waals surface area contributed by atoms with Gasteiger partial charge in [0.1, 0.15) is 17.7 Å². The van der Waals surface area contributed by atoms with Crippen molar-refractivity contribution in [1.29, 1.82) is 0 Å². The van der Waals surface area contributed by atoms with Gasteiger partial charge in [0, 0.05) is 18.2 Å². The summed E-state index contributed by atoms with van der Waals surface area (Å²) in [5.41, 5.74) is 6.10. The molecule has 0 amide bonds. The van der Waals surface area contributed by atoms with Crippen molar-refractivity contribution in [1.82, 2.24) is 5.32 Å². The van der Waals surface area contributed by atoms with E-state index in [1.165, 1.54) is 6.92 Å². The Labute approximate surface area is 152 Å². The third-order valence-electron chi connectivity index (χ3n) is 5.17. The van der Waals surface area contributed by atoms with Gasteiger partial charge in [0.25, 0.3) is 0 Å². The Morgan fingerprint density at radius 1 is 1.50 bits per heavy atom. The van der Waals surface area contributed by atoms with Crippen LogP contribution < -0.4 is 21.7 Å². The smallest absolute Gasteiger partial charge is 0.341 e. The summed E-state index contributed by atoms with van der Waals surface area (Å²) in [6.45, 7) is 2.86. The molecule has 0 bridgehead atoms. The lowest BCUT2D eigenvalue weighted by Crippen LogP contribution is -2.54. The van der Waals surface area contributed by atoms with Crippen LogP contribution in [0.4, 0.5) is 0 Å². The van der Waals surface area contributed by atoms with Gasteiger partial charge in [0.15, 0.2) is 0 Å². The molecule has 0 fully saturated rings. The molecule has 3 atom stereocenters. The van der Waals surface area contributed by atoms with Crippen molar-refractivity contribution in [2.45, 2.75) is 50.4 Å². The second-order valence-electron chi connectivity index (χ2n) is 6.94. The molecule has 3 rings (SSSR count). The first-order valence-electron chi connectivity index (χ1n) is 8.90. The second-order valence-corrected chi connectivity index (χ2v) is 6.94. The van der Waals surface area contributed by atoms with Crippen LogP contribution >= 0.6 is 0 Å². The molecule has 1 aromatic carbocycles. The molecule has 6 N–H and O–H groups in total. The zero-order valence-corrected chi connectivity index (χ0v) is 14.9. The monoisotopic (exact) mass is 362 g/mol. The van der Waals surface area contributed by atoms with E-state index in [2.05, 4.69) is 10.3 Å². The maximum absolute atomic E-state index is 11.5. The highest BCUT2D eigenvalue weighted by Crippen LogP contribution is 2.33. The van der Waals surface area contributed by atoms with Crippen molar-refractivity contribution in [3.8, 4) is 5.75 Å². The lowest BCUT2D eigenvalue weighted by atomic mass is 9.90. The van der Waals surface area contributed by atoms with Crippen LogP contribution in [0.2, 0.25) is 0 Å². The Hall–Kier alpha value is -2.16. The predicted octanol–water partition coefficient (Wildman–Crippen LogP) is 0.571. The fraction of sp³-hybridized carbons (Fsp3) is 0.556. The van der Waals surface area contributed by atoms with E-state index in [1.807, 2.05) is 18.2 Å². The van der Waals surface area contributed by atoms with Crippen LogP contribution in [0.15, 0.2) is 23.2 Å². The summed E-state index contributed by atoms with van der Waals surface area (Å²) in [6.07, 6.45) is 2.44. The van der Waals surface area contributed by atoms with Gasteiger partial charge < -0.3 is 20.9 Å². The molecule has 3 unspecified atom stereocenters. The van der Waals surface area contributed by atoms with E-state index in [1.54, 1.807) is 0 Å². The van der Waals surface area contributed by atoms with E-state index in [4.69, 9.17) is 21.2 Å². The van der Waals surface area contributed by atoms with E-state index < -0.39 is 17.7 Å². The number of amidine groups is 1. The van der Waals surface area contributed by atoms with Gasteiger partial charge in [-0.25, -0.2) is 10.7 Å². The van der Waals surface area contributed by atoms with E-state index >= 15 is 0 Å². The molecule has 0 aromatic heterocycles. The highest BCUT2D eigenvalue weighted by molar-refractivity contribution is 5.99. The molecule has 1 aromatic rings. The Balaban J connectivity index is 1.77. The third kappa shape index (κ3) is 3.53. The first-order chi connectivity index (χ1) is 12.5. The maximum Gasteiger partial charge on any atom is 0.341 e. The first kappa shape index (κ1) is 18.6. The van der Waals surface area contributed by atoms with Crippen molar-refractivity contribution in [3.05, 3.63) is 29.3 Å². The predicted molar refractivity (Wildman–Crippen MR) is 97.1 cm³/mol. The van der Waals surface area contributed by atoms with Gasteiger partial charge in [0.2, 0.25) is 5.60 Å². The summed E-state index contributed by atoms with van der Waals surface area (Å²) in [5, 5.41) is 12.8. The number of nitrogens with zero attached hydrogens (tertiary/aromatic N) is 1. The summed E-state index contributed by atoms with van der Waals surface area (Å²) in [4.78, 5) is 20.8. The molecule has 8 nitrogen and oxygen atoms in total. The van der Waals surface area contributed by atoms with Crippen LogP contribution in [0.5, 0.6) is 5.75 Å². The number of aliphatic carboxylic acids is 1. The Kier molecular flexibility index (Phi) is 5.45. The number of hydrogen-bond acceptors (Lipinski definition) is 7. The standard InChI is InChI=1S/C18H26N4O4/c1-18(26-20,17(23)24)15-5-3-11-10-12(2-4-14(11)25-15)16-21-9-7-13(22-16)6-8-19/h2,4,10,13,15H,3,5-9,19-20H2,1H3,(H,21,22)(H,23,24). The molecule has 0 spiro atoms. The van der Waals surface area contributed by atoms with Crippen LogP contribution in [0.1, 0.15) is 37.3 Å². The van der Waals surface area contributed by atoms with Crippen molar-refractivity contribution < 1.29 is 19.5 Å². The van der Waals surface area contributed by atoms with Gasteiger partial charge in [-0.3, -0.25) is 9.83 Å². The van der Waals surface area contributed by atoms with Crippen molar-refractivity contribution >= 4 is 11.8 Å². The molecule has 2 aliphatic rings. The fourth-order valence-electron chi connectivity index (χ4n) is 3.42. The normalized spacial score (nSPS) is 24.5. The number of carboxylic acid groups (broad SMARTS) is 1. The van der Waals surface area contributed by atoms with Crippen LogP contribution in [0, 0.1) is 0 Å². The van der Waals surface area contributed by atoms with Crippen LogP contribution in [-0.2, 0) is 16.1 Å². The van der Waals surface area contributed by atoms with Crippen LogP contribution in [0.25, 0.3) is 0 Å². The maximum atomic E-state index is 11.5. The molecular weight excluding hydrogens is 336 g/mol. The molecule has 2 heterocycles. The molecule has 0 aliphatic carbocycles. The molecular formula is C18H26N4O4. The molecule has 26 heavy (non-hydrogen) atoms. The van der Waals surface area contributed by atoms with Gasteiger partial charge in [-0.05, 0) is 62.9 Å². The highest BCUT2D eigenvalue weighted by atomic mass is 16.7. The quantitative estimate of drug-likeness (QED) is 0.544. The molecule has 0 radical (unpaired) electrons. The summed E-state index contributed by atoms with van der Waals surface area (Å²) in [7, 11) is 0. The van der Waals surface area contributed by atoms with E-state index in [-0.39, 0.29) is 0 Å². The topological polar surface area (TPSA) is 132 Å². The number of aryl methyl sites for hydroxylation is 1. The Bertz CT molecular complexity index is 708.